The van der Waals surface area contributed by atoms with E-state index in [-0.39, 0.29) is 5.48 Å². The van der Waals surface area contributed by atoms with Crippen molar-refractivity contribution in [2.45, 2.75) is 71.3 Å². The van der Waals surface area contributed by atoms with E-state index in [9.17, 15) is 0 Å². The van der Waals surface area contributed by atoms with Gasteiger partial charge in [-0.3, -0.25) is 0 Å². The van der Waals surface area contributed by atoms with E-state index in [1.807, 2.05) is 0 Å². The van der Waals surface area contributed by atoms with Gasteiger partial charge in [0.05, 0.1) is 5.54 Å². The van der Waals surface area contributed by atoms with Gasteiger partial charge in [-0.25, -0.2) is 0 Å². The summed E-state index contributed by atoms with van der Waals surface area (Å²) >= 11 is 0. The largest absolute Gasteiger partial charge is 0.870 e. The van der Waals surface area contributed by atoms with E-state index < -0.39 is 0 Å². The van der Waals surface area contributed by atoms with Crippen molar-refractivity contribution < 1.29 is 11.2 Å². The molecule has 0 amide bonds. The minimum absolute atomic E-state index is 0. The standard InChI is InChI=1S/C12H25N.H2O/c1-4-11(5-2)7-9-12(13,6-3)10-8-11;/h4-10,13H2,1-3H3;1H2. The van der Waals surface area contributed by atoms with Crippen LogP contribution < -0.4 is 5.73 Å². The van der Waals surface area contributed by atoms with Crippen molar-refractivity contribution in [1.29, 1.82) is 0 Å². The van der Waals surface area contributed by atoms with Gasteiger partial charge in [0.25, 0.3) is 0 Å². The normalized spacial score (nSPS) is 24.0. The zero-order chi connectivity index (χ0) is 9.95. The Morgan fingerprint density at radius 1 is 0.857 bits per heavy atom. The molecule has 1 aliphatic carbocycles. The van der Waals surface area contributed by atoms with E-state index in [1.54, 1.807) is 0 Å². The summed E-state index contributed by atoms with van der Waals surface area (Å²) in [5, 5.41) is 0. The molecule has 0 atom stereocenters. The highest BCUT2D eigenvalue weighted by molar-refractivity contribution is 4.90. The SMILES string of the molecule is CCC1([NH3+])CCC(CC)(CC)CC1.[OH-]. The van der Waals surface area contributed by atoms with Gasteiger partial charge in [0.15, 0.2) is 0 Å². The molecule has 86 valence electrons. The first-order valence-corrected chi connectivity index (χ1v) is 5.95. The van der Waals surface area contributed by atoms with Gasteiger partial charge < -0.3 is 11.2 Å². The molecule has 2 heteroatoms. The highest BCUT2D eigenvalue weighted by Crippen LogP contribution is 2.44. The molecule has 0 aromatic carbocycles. The lowest BCUT2D eigenvalue weighted by Gasteiger charge is -2.42. The summed E-state index contributed by atoms with van der Waals surface area (Å²) in [7, 11) is 0. The molecule has 0 spiro atoms. The minimum atomic E-state index is 0. The molecule has 0 aliphatic heterocycles. The fraction of sp³-hybridized carbons (Fsp3) is 1.00. The van der Waals surface area contributed by atoms with Crippen LogP contribution in [0.25, 0.3) is 0 Å². The molecule has 14 heavy (non-hydrogen) atoms. The van der Waals surface area contributed by atoms with E-state index in [0.29, 0.717) is 11.0 Å². The maximum absolute atomic E-state index is 4.38. The molecule has 0 unspecified atom stereocenters. The summed E-state index contributed by atoms with van der Waals surface area (Å²) in [4.78, 5) is 0. The van der Waals surface area contributed by atoms with Gasteiger partial charge in [-0.05, 0) is 24.7 Å². The van der Waals surface area contributed by atoms with Crippen molar-refractivity contribution in [3.05, 3.63) is 0 Å². The molecule has 1 fully saturated rings. The monoisotopic (exact) mass is 201 g/mol. The zero-order valence-corrected chi connectivity index (χ0v) is 10.1. The molecule has 2 nitrogen and oxygen atoms in total. The molecular weight excluding hydrogens is 174 g/mol. The van der Waals surface area contributed by atoms with Gasteiger partial charge in [0.1, 0.15) is 0 Å². The second kappa shape index (κ2) is 5.13. The molecule has 1 rings (SSSR count). The summed E-state index contributed by atoms with van der Waals surface area (Å²) in [6, 6.07) is 0. The third-order valence-corrected chi connectivity index (χ3v) is 4.62. The van der Waals surface area contributed by atoms with E-state index in [2.05, 4.69) is 26.5 Å². The van der Waals surface area contributed by atoms with Crippen LogP contribution in [-0.4, -0.2) is 11.0 Å². The molecule has 0 saturated heterocycles. The average Bonchev–Trinajstić information content (AvgIpc) is 2.20. The third kappa shape index (κ3) is 2.71. The van der Waals surface area contributed by atoms with Crippen LogP contribution in [0, 0.1) is 5.41 Å². The van der Waals surface area contributed by atoms with E-state index in [4.69, 9.17) is 0 Å². The predicted molar refractivity (Wildman–Crippen MR) is 59.3 cm³/mol. The Kier molecular flexibility index (Phi) is 5.10. The quantitative estimate of drug-likeness (QED) is 0.749. The predicted octanol–water partition coefficient (Wildman–Crippen LogP) is 2.58. The molecule has 0 aromatic heterocycles. The molecule has 0 aromatic rings. The Bertz CT molecular complexity index is 154. The van der Waals surface area contributed by atoms with Gasteiger partial charge in [-0.2, -0.15) is 0 Å². The Morgan fingerprint density at radius 2 is 1.29 bits per heavy atom. The summed E-state index contributed by atoms with van der Waals surface area (Å²) in [6.07, 6.45) is 9.52. The molecule has 1 aliphatic rings. The third-order valence-electron chi connectivity index (χ3n) is 4.62. The molecular formula is C12H27NO. The first-order chi connectivity index (χ1) is 6.10. The van der Waals surface area contributed by atoms with Crippen molar-refractivity contribution >= 4 is 0 Å². The second-order valence-corrected chi connectivity index (χ2v) is 5.06. The zero-order valence-electron chi connectivity index (χ0n) is 10.1. The Labute approximate surface area is 88.6 Å². The van der Waals surface area contributed by atoms with Gasteiger partial charge in [-0.1, -0.05) is 33.6 Å². The summed E-state index contributed by atoms with van der Waals surface area (Å²) < 4.78 is 0. The highest BCUT2D eigenvalue weighted by atomic mass is 16.0. The summed E-state index contributed by atoms with van der Waals surface area (Å²) in [5.74, 6) is 0. The second-order valence-electron chi connectivity index (χ2n) is 5.06. The van der Waals surface area contributed by atoms with Crippen LogP contribution in [0.3, 0.4) is 0 Å². The first kappa shape index (κ1) is 13.9. The molecule has 0 bridgehead atoms. The van der Waals surface area contributed by atoms with E-state index in [0.717, 1.165) is 0 Å². The number of hydrogen-bond donors (Lipinski definition) is 1. The van der Waals surface area contributed by atoms with Gasteiger partial charge in [0, 0.05) is 12.8 Å². The minimum Gasteiger partial charge on any atom is -0.870 e. The van der Waals surface area contributed by atoms with Crippen LogP contribution in [0.15, 0.2) is 0 Å². The van der Waals surface area contributed by atoms with Gasteiger partial charge in [-0.15, -0.1) is 0 Å². The van der Waals surface area contributed by atoms with Gasteiger partial charge >= 0.3 is 0 Å². The number of hydrogen-bond acceptors (Lipinski definition) is 1. The van der Waals surface area contributed by atoms with Crippen LogP contribution in [0.2, 0.25) is 0 Å². The highest BCUT2D eigenvalue weighted by Gasteiger charge is 2.39. The van der Waals surface area contributed by atoms with E-state index >= 15 is 0 Å². The molecule has 4 N–H and O–H groups in total. The Balaban J connectivity index is 0.00000169. The van der Waals surface area contributed by atoms with Crippen LogP contribution >= 0.6 is 0 Å². The van der Waals surface area contributed by atoms with Crippen molar-refractivity contribution in [2.24, 2.45) is 5.41 Å². The van der Waals surface area contributed by atoms with Crippen molar-refractivity contribution in [1.82, 2.24) is 0 Å². The lowest BCUT2D eigenvalue weighted by atomic mass is 9.64. The first-order valence-electron chi connectivity index (χ1n) is 5.95. The maximum Gasteiger partial charge on any atom is 0.0943 e. The Morgan fingerprint density at radius 3 is 1.57 bits per heavy atom. The topological polar surface area (TPSA) is 57.6 Å². The average molecular weight is 201 g/mol. The maximum atomic E-state index is 4.38. The Hall–Kier alpha value is -0.0800. The van der Waals surface area contributed by atoms with Crippen LogP contribution in [0.5, 0.6) is 0 Å². The summed E-state index contributed by atoms with van der Waals surface area (Å²) in [5.41, 5.74) is 5.48. The van der Waals surface area contributed by atoms with Crippen LogP contribution in [0.4, 0.5) is 0 Å². The number of rotatable bonds is 3. The fourth-order valence-electron chi connectivity index (χ4n) is 2.62. The van der Waals surface area contributed by atoms with Crippen molar-refractivity contribution in [3.8, 4) is 0 Å². The van der Waals surface area contributed by atoms with E-state index in [1.165, 1.54) is 44.9 Å². The van der Waals surface area contributed by atoms with Crippen molar-refractivity contribution in [3.63, 3.8) is 0 Å². The fourth-order valence-corrected chi connectivity index (χ4v) is 2.62. The number of quaternary nitrogens is 1. The lowest BCUT2D eigenvalue weighted by Crippen LogP contribution is -2.73. The smallest absolute Gasteiger partial charge is 0.0943 e. The molecule has 1 saturated carbocycles. The summed E-state index contributed by atoms with van der Waals surface area (Å²) in [6.45, 7) is 7.00. The molecule has 0 radical (unpaired) electrons. The van der Waals surface area contributed by atoms with Gasteiger partial charge in [0.2, 0.25) is 0 Å². The van der Waals surface area contributed by atoms with Crippen LogP contribution in [-0.2, 0) is 0 Å². The lowest BCUT2D eigenvalue weighted by molar-refractivity contribution is -0.488. The van der Waals surface area contributed by atoms with Crippen LogP contribution in [0.1, 0.15) is 65.7 Å². The molecule has 0 heterocycles. The van der Waals surface area contributed by atoms with Crippen molar-refractivity contribution in [2.75, 3.05) is 0 Å².